The fourth-order valence-corrected chi connectivity index (χ4v) is 2.78. The van der Waals surface area contributed by atoms with Crippen molar-refractivity contribution in [2.24, 2.45) is 11.7 Å². The summed E-state index contributed by atoms with van der Waals surface area (Å²) in [6.07, 6.45) is 0.524. The van der Waals surface area contributed by atoms with Gasteiger partial charge in [0, 0.05) is 22.8 Å². The highest BCUT2D eigenvalue weighted by atomic mass is 79.9. The van der Waals surface area contributed by atoms with Gasteiger partial charge in [0.05, 0.1) is 5.52 Å². The normalized spacial score (nSPS) is 19.4. The van der Waals surface area contributed by atoms with Gasteiger partial charge in [-0.25, -0.2) is 4.98 Å². The van der Waals surface area contributed by atoms with Crippen LogP contribution in [0.15, 0.2) is 34.8 Å². The molecule has 1 aromatic carbocycles. The Labute approximate surface area is 119 Å². The number of halogens is 1. The Morgan fingerprint density at radius 2 is 2.21 bits per heavy atom. The second-order valence-electron chi connectivity index (χ2n) is 4.82. The monoisotopic (exact) mass is 319 g/mol. The van der Waals surface area contributed by atoms with Crippen molar-refractivity contribution in [3.05, 3.63) is 34.8 Å². The van der Waals surface area contributed by atoms with E-state index in [1.54, 1.807) is 4.90 Å². The van der Waals surface area contributed by atoms with E-state index in [1.165, 1.54) is 0 Å². The van der Waals surface area contributed by atoms with Crippen molar-refractivity contribution in [1.82, 2.24) is 4.98 Å². The van der Waals surface area contributed by atoms with Crippen LogP contribution in [-0.4, -0.2) is 24.0 Å². The van der Waals surface area contributed by atoms with Crippen molar-refractivity contribution in [2.45, 2.75) is 6.42 Å². The first kappa shape index (κ1) is 12.6. The third kappa shape index (κ3) is 2.35. The lowest BCUT2D eigenvalue weighted by Gasteiger charge is -2.15. The van der Waals surface area contributed by atoms with Crippen molar-refractivity contribution in [3.63, 3.8) is 0 Å². The molecule has 98 valence electrons. The number of fused-ring (bicyclic) bond motifs is 1. The molecule has 1 aliphatic rings. The maximum Gasteiger partial charge on any atom is 0.228 e. The minimum atomic E-state index is 0.111. The Balaban J connectivity index is 1.97. The largest absolute Gasteiger partial charge is 0.330 e. The standard InChI is InChI=1S/C14H14BrN3O/c15-11-2-3-12-10(6-11)1-4-13(17-12)18-8-9(7-16)5-14(18)19/h1-4,6,9H,5,7-8,16H2. The predicted molar refractivity (Wildman–Crippen MR) is 79.0 cm³/mol. The maximum atomic E-state index is 12.0. The zero-order chi connectivity index (χ0) is 13.4. The van der Waals surface area contributed by atoms with Gasteiger partial charge in [0.1, 0.15) is 5.82 Å². The van der Waals surface area contributed by atoms with E-state index in [4.69, 9.17) is 5.73 Å². The van der Waals surface area contributed by atoms with E-state index in [0.717, 1.165) is 21.2 Å². The van der Waals surface area contributed by atoms with E-state index in [0.29, 0.717) is 19.5 Å². The number of nitrogens with two attached hydrogens (primary N) is 1. The summed E-state index contributed by atoms with van der Waals surface area (Å²) in [5.74, 6) is 1.07. The number of carbonyl (C=O) groups is 1. The van der Waals surface area contributed by atoms with Crippen molar-refractivity contribution < 1.29 is 4.79 Å². The van der Waals surface area contributed by atoms with Crippen LogP contribution in [0.5, 0.6) is 0 Å². The van der Waals surface area contributed by atoms with Crippen LogP contribution in [0.2, 0.25) is 0 Å². The summed E-state index contributed by atoms with van der Waals surface area (Å²) >= 11 is 3.44. The number of aromatic nitrogens is 1. The average Bonchev–Trinajstić information content (AvgIpc) is 2.79. The van der Waals surface area contributed by atoms with Gasteiger partial charge < -0.3 is 5.73 Å². The fourth-order valence-electron chi connectivity index (χ4n) is 2.40. The SMILES string of the molecule is NCC1CC(=O)N(c2ccc3cc(Br)ccc3n2)C1. The number of hydrogen-bond donors (Lipinski definition) is 1. The molecular formula is C14H14BrN3O. The average molecular weight is 320 g/mol. The minimum Gasteiger partial charge on any atom is -0.330 e. The molecule has 1 unspecified atom stereocenters. The van der Waals surface area contributed by atoms with Crippen LogP contribution in [0.3, 0.4) is 0 Å². The molecule has 1 aromatic heterocycles. The highest BCUT2D eigenvalue weighted by Crippen LogP contribution is 2.26. The number of nitrogens with zero attached hydrogens (tertiary/aromatic N) is 2. The molecule has 5 heteroatoms. The Kier molecular flexibility index (Phi) is 3.24. The van der Waals surface area contributed by atoms with Crippen LogP contribution in [-0.2, 0) is 4.79 Å². The molecule has 0 bridgehead atoms. The van der Waals surface area contributed by atoms with Crippen molar-refractivity contribution >= 4 is 38.6 Å². The summed E-state index contributed by atoms with van der Waals surface area (Å²) in [6.45, 7) is 1.22. The van der Waals surface area contributed by atoms with Crippen LogP contribution in [0, 0.1) is 5.92 Å². The Morgan fingerprint density at radius 1 is 1.37 bits per heavy atom. The number of amides is 1. The number of pyridine rings is 1. The van der Waals surface area contributed by atoms with E-state index >= 15 is 0 Å². The molecule has 3 rings (SSSR count). The quantitative estimate of drug-likeness (QED) is 0.924. The maximum absolute atomic E-state index is 12.0. The van der Waals surface area contributed by atoms with E-state index in [-0.39, 0.29) is 11.8 Å². The van der Waals surface area contributed by atoms with Gasteiger partial charge in [-0.3, -0.25) is 9.69 Å². The number of benzene rings is 1. The molecule has 0 aliphatic carbocycles. The van der Waals surface area contributed by atoms with Crippen LogP contribution in [0.1, 0.15) is 6.42 Å². The Morgan fingerprint density at radius 3 is 2.95 bits per heavy atom. The zero-order valence-corrected chi connectivity index (χ0v) is 11.9. The summed E-state index contributed by atoms with van der Waals surface area (Å²) < 4.78 is 1.02. The summed E-state index contributed by atoms with van der Waals surface area (Å²) in [5, 5.41) is 1.06. The van der Waals surface area contributed by atoms with Crippen molar-refractivity contribution in [3.8, 4) is 0 Å². The molecule has 0 saturated carbocycles. The second-order valence-corrected chi connectivity index (χ2v) is 5.73. The molecule has 2 aromatic rings. The number of carbonyl (C=O) groups excluding carboxylic acids is 1. The van der Waals surface area contributed by atoms with Gasteiger partial charge in [-0.2, -0.15) is 0 Å². The van der Waals surface area contributed by atoms with Gasteiger partial charge in [-0.15, -0.1) is 0 Å². The lowest BCUT2D eigenvalue weighted by Crippen LogP contribution is -2.26. The molecule has 4 nitrogen and oxygen atoms in total. The highest BCUT2D eigenvalue weighted by Gasteiger charge is 2.30. The van der Waals surface area contributed by atoms with E-state index in [2.05, 4.69) is 20.9 Å². The van der Waals surface area contributed by atoms with Gasteiger partial charge in [-0.1, -0.05) is 15.9 Å². The third-order valence-electron chi connectivity index (χ3n) is 3.45. The molecule has 1 aliphatic heterocycles. The summed E-state index contributed by atoms with van der Waals surface area (Å²) in [7, 11) is 0. The van der Waals surface area contributed by atoms with Gasteiger partial charge in [0.15, 0.2) is 0 Å². The molecular weight excluding hydrogens is 306 g/mol. The van der Waals surface area contributed by atoms with Crippen LogP contribution in [0.25, 0.3) is 10.9 Å². The number of anilines is 1. The van der Waals surface area contributed by atoms with Gasteiger partial charge in [0.25, 0.3) is 0 Å². The third-order valence-corrected chi connectivity index (χ3v) is 3.94. The summed E-state index contributed by atoms with van der Waals surface area (Å²) in [6, 6.07) is 9.80. The van der Waals surface area contributed by atoms with E-state index in [1.807, 2.05) is 30.3 Å². The van der Waals surface area contributed by atoms with E-state index < -0.39 is 0 Å². The molecule has 2 heterocycles. The first-order valence-corrected chi connectivity index (χ1v) is 7.03. The molecule has 0 radical (unpaired) electrons. The second kappa shape index (κ2) is 4.90. The molecule has 2 N–H and O–H groups in total. The number of rotatable bonds is 2. The van der Waals surface area contributed by atoms with Gasteiger partial charge in [0.2, 0.25) is 5.91 Å². The first-order valence-electron chi connectivity index (χ1n) is 6.24. The van der Waals surface area contributed by atoms with Crippen LogP contribution in [0.4, 0.5) is 5.82 Å². The van der Waals surface area contributed by atoms with Crippen LogP contribution < -0.4 is 10.6 Å². The molecule has 19 heavy (non-hydrogen) atoms. The summed E-state index contributed by atoms with van der Waals surface area (Å²) in [4.78, 5) is 18.3. The van der Waals surface area contributed by atoms with Gasteiger partial charge in [-0.05, 0) is 42.8 Å². The Bertz CT molecular complexity index is 644. The minimum absolute atomic E-state index is 0.111. The van der Waals surface area contributed by atoms with Crippen molar-refractivity contribution in [2.75, 3.05) is 18.0 Å². The fraction of sp³-hybridized carbons (Fsp3) is 0.286. The van der Waals surface area contributed by atoms with Crippen LogP contribution >= 0.6 is 15.9 Å². The molecule has 1 atom stereocenters. The number of hydrogen-bond acceptors (Lipinski definition) is 3. The zero-order valence-electron chi connectivity index (χ0n) is 10.3. The molecule has 1 saturated heterocycles. The highest BCUT2D eigenvalue weighted by molar-refractivity contribution is 9.10. The molecule has 0 spiro atoms. The lowest BCUT2D eigenvalue weighted by atomic mass is 10.1. The molecule has 1 fully saturated rings. The summed E-state index contributed by atoms with van der Waals surface area (Å²) in [5.41, 5.74) is 6.53. The Hall–Kier alpha value is -1.46. The lowest BCUT2D eigenvalue weighted by molar-refractivity contribution is -0.117. The van der Waals surface area contributed by atoms with Crippen molar-refractivity contribution in [1.29, 1.82) is 0 Å². The van der Waals surface area contributed by atoms with Gasteiger partial charge >= 0.3 is 0 Å². The topological polar surface area (TPSA) is 59.2 Å². The first-order chi connectivity index (χ1) is 9.17. The molecule has 1 amide bonds. The predicted octanol–water partition coefficient (Wildman–Crippen LogP) is 2.31. The van der Waals surface area contributed by atoms with E-state index in [9.17, 15) is 4.79 Å². The smallest absolute Gasteiger partial charge is 0.228 e.